The highest BCUT2D eigenvalue weighted by atomic mass is 19.4. The van der Waals surface area contributed by atoms with Crippen molar-refractivity contribution < 1.29 is 42.4 Å². The maximum absolute atomic E-state index is 14.9. The van der Waals surface area contributed by atoms with Crippen LogP contribution in [0.5, 0.6) is 5.75 Å². The Balaban J connectivity index is 1.21. The monoisotopic (exact) mass is 671 g/mol. The van der Waals surface area contributed by atoms with Crippen molar-refractivity contribution in [3.63, 3.8) is 0 Å². The summed E-state index contributed by atoms with van der Waals surface area (Å²) in [6.45, 7) is 10.2. The van der Waals surface area contributed by atoms with Crippen molar-refractivity contribution in [1.82, 2.24) is 4.90 Å². The van der Waals surface area contributed by atoms with Crippen molar-refractivity contribution in [2.75, 3.05) is 6.54 Å². The zero-order valence-corrected chi connectivity index (χ0v) is 28.6. The molecule has 0 aromatic heterocycles. The molecule has 1 aromatic carbocycles. The van der Waals surface area contributed by atoms with Gasteiger partial charge in [-0.3, -0.25) is 9.59 Å². The molecule has 1 saturated heterocycles. The fraction of sp³-hybridized carbons (Fsp3) is 0.684. The Morgan fingerprint density at radius 1 is 0.958 bits per heavy atom. The molecule has 2 bridgehead atoms. The number of halogens is 3. The lowest BCUT2D eigenvalue weighted by molar-refractivity contribution is -0.274. The van der Waals surface area contributed by atoms with Gasteiger partial charge < -0.3 is 24.6 Å². The van der Waals surface area contributed by atoms with Gasteiger partial charge in [0.2, 0.25) is 0 Å². The quantitative estimate of drug-likeness (QED) is 0.316. The third-order valence-electron chi connectivity index (χ3n) is 14.6. The number of fused-ring (bicyclic) bond motifs is 7. The number of carbonyl (C=O) groups excluding carboxylic acids is 2. The van der Waals surface area contributed by atoms with Crippen molar-refractivity contribution in [2.24, 2.45) is 33.5 Å². The highest BCUT2D eigenvalue weighted by molar-refractivity contribution is 5.96. The second-order valence-corrected chi connectivity index (χ2v) is 16.8. The van der Waals surface area contributed by atoms with E-state index >= 15 is 0 Å². The number of ether oxygens (including phenoxy) is 2. The molecular weight excluding hydrogens is 623 g/mol. The van der Waals surface area contributed by atoms with Gasteiger partial charge in [0.1, 0.15) is 5.75 Å². The number of alkyl halides is 3. The highest BCUT2D eigenvalue weighted by Crippen LogP contribution is 2.68. The van der Waals surface area contributed by atoms with Crippen LogP contribution in [-0.4, -0.2) is 57.2 Å². The maximum Gasteiger partial charge on any atom is 0.573 e. The molecule has 48 heavy (non-hydrogen) atoms. The van der Waals surface area contributed by atoms with Crippen LogP contribution in [0.2, 0.25) is 0 Å². The molecule has 1 aromatic rings. The van der Waals surface area contributed by atoms with Crippen molar-refractivity contribution in [3.05, 3.63) is 53.1 Å². The standard InChI is InChI=1S/C38H48F3NO6/c1-32(2)35(5)18-19-37(32,48-31(35)45)30(44)42(21-23-6-9-26(10-7-23)47-38(39,40)41)22-36(46)17-14-29-27-11-8-24-20-25(43)12-15-33(24,3)28(27)13-16-34(29,36)4/h6-11,25,28-29,43,46H,12-22H2,1-5H3/t25-,28-,29-,33-,34-,35-,36+,37+/m0/s1. The number of aliphatic hydroxyl groups is 2. The largest absolute Gasteiger partial charge is 0.573 e. The molecule has 5 aliphatic carbocycles. The van der Waals surface area contributed by atoms with E-state index in [2.05, 4.69) is 30.7 Å². The summed E-state index contributed by atoms with van der Waals surface area (Å²) in [7, 11) is 0. The van der Waals surface area contributed by atoms with Crippen LogP contribution >= 0.6 is 0 Å². The summed E-state index contributed by atoms with van der Waals surface area (Å²) in [5.41, 5.74) is -1.59. The summed E-state index contributed by atoms with van der Waals surface area (Å²) >= 11 is 0. The molecule has 10 heteroatoms. The molecular formula is C38H48F3NO6. The Morgan fingerprint density at radius 3 is 2.27 bits per heavy atom. The van der Waals surface area contributed by atoms with E-state index in [0.717, 1.165) is 32.1 Å². The Kier molecular flexibility index (Phi) is 7.41. The molecule has 0 spiro atoms. The minimum absolute atomic E-state index is 0.00816. The van der Waals surface area contributed by atoms with Gasteiger partial charge in [-0.05, 0) is 99.7 Å². The van der Waals surface area contributed by atoms with Gasteiger partial charge in [0.05, 0.1) is 23.7 Å². The van der Waals surface area contributed by atoms with Gasteiger partial charge >= 0.3 is 12.3 Å². The number of aliphatic hydroxyl groups excluding tert-OH is 1. The Morgan fingerprint density at radius 2 is 1.65 bits per heavy atom. The Bertz CT molecular complexity index is 1590. The van der Waals surface area contributed by atoms with Gasteiger partial charge in [0.25, 0.3) is 5.91 Å². The van der Waals surface area contributed by atoms with Crippen molar-refractivity contribution in [3.8, 4) is 5.75 Å². The minimum Gasteiger partial charge on any atom is -0.448 e. The van der Waals surface area contributed by atoms with E-state index in [9.17, 15) is 33.0 Å². The number of carbonyl (C=O) groups is 2. The number of allylic oxidation sites excluding steroid dienone is 3. The van der Waals surface area contributed by atoms with E-state index in [4.69, 9.17) is 4.74 Å². The first-order valence-corrected chi connectivity index (χ1v) is 17.5. The Hall–Kier alpha value is -2.85. The zero-order valence-electron chi connectivity index (χ0n) is 28.6. The third kappa shape index (κ3) is 4.60. The van der Waals surface area contributed by atoms with Crippen LogP contribution in [0.4, 0.5) is 13.2 Å². The molecule has 7 nitrogen and oxygen atoms in total. The molecule has 8 atom stereocenters. The second-order valence-electron chi connectivity index (χ2n) is 16.8. The fourth-order valence-corrected chi connectivity index (χ4v) is 10.9. The lowest BCUT2D eigenvalue weighted by Crippen LogP contribution is -2.60. The lowest BCUT2D eigenvalue weighted by Gasteiger charge is -2.56. The first-order chi connectivity index (χ1) is 22.3. The number of amides is 1. The molecule has 5 fully saturated rings. The number of benzene rings is 1. The smallest absolute Gasteiger partial charge is 0.448 e. The van der Waals surface area contributed by atoms with Crippen LogP contribution in [0.1, 0.15) is 98.0 Å². The molecule has 1 aliphatic heterocycles. The van der Waals surface area contributed by atoms with Crippen molar-refractivity contribution in [1.29, 1.82) is 0 Å². The Labute approximate surface area is 280 Å². The predicted octanol–water partition coefficient (Wildman–Crippen LogP) is 7.01. The van der Waals surface area contributed by atoms with Gasteiger partial charge in [-0.15, -0.1) is 13.2 Å². The van der Waals surface area contributed by atoms with Crippen LogP contribution in [0, 0.1) is 33.5 Å². The molecule has 262 valence electrons. The minimum atomic E-state index is -4.83. The molecule has 6 aliphatic rings. The molecule has 0 unspecified atom stereocenters. The molecule has 2 N–H and O–H groups in total. The first kappa shape index (κ1) is 33.6. The average molecular weight is 672 g/mol. The molecule has 4 saturated carbocycles. The summed E-state index contributed by atoms with van der Waals surface area (Å²) in [6, 6.07) is 5.44. The van der Waals surface area contributed by atoms with Gasteiger partial charge in [-0.25, -0.2) is 0 Å². The van der Waals surface area contributed by atoms with E-state index in [0.29, 0.717) is 37.2 Å². The SMILES string of the molecule is CC1(C)[C@@]2(C)CC[C@]1(C(=O)N(Cc1ccc(OC(F)(F)F)cc1)C[C@]1(O)CC[C@H]3C4=CC=C5C[C@@H](O)CC[C@]5(C)[C@H]4CC[C@@]31C)OC2=O. The summed E-state index contributed by atoms with van der Waals surface area (Å²) in [5, 5.41) is 23.1. The van der Waals surface area contributed by atoms with Crippen molar-refractivity contribution >= 4 is 11.9 Å². The third-order valence-corrected chi connectivity index (χ3v) is 14.6. The number of hydrogen-bond acceptors (Lipinski definition) is 6. The van der Waals surface area contributed by atoms with E-state index in [1.54, 1.807) is 4.90 Å². The van der Waals surface area contributed by atoms with Crippen LogP contribution in [0.15, 0.2) is 47.6 Å². The average Bonchev–Trinajstić information content (AvgIpc) is 3.45. The summed E-state index contributed by atoms with van der Waals surface area (Å²) in [6.07, 6.45) is 5.52. The zero-order chi connectivity index (χ0) is 34.7. The second kappa shape index (κ2) is 10.6. The van der Waals surface area contributed by atoms with E-state index in [-0.39, 0.29) is 42.2 Å². The van der Waals surface area contributed by atoms with Crippen LogP contribution in [-0.2, 0) is 20.9 Å². The molecule has 7 rings (SSSR count). The van der Waals surface area contributed by atoms with Gasteiger partial charge in [-0.1, -0.05) is 63.1 Å². The van der Waals surface area contributed by atoms with Gasteiger partial charge in [-0.2, -0.15) is 0 Å². The predicted molar refractivity (Wildman–Crippen MR) is 171 cm³/mol. The summed E-state index contributed by atoms with van der Waals surface area (Å²) < 4.78 is 48.6. The summed E-state index contributed by atoms with van der Waals surface area (Å²) in [5.74, 6) is -0.669. The molecule has 1 heterocycles. The number of rotatable bonds is 6. The summed E-state index contributed by atoms with van der Waals surface area (Å²) in [4.78, 5) is 29.6. The van der Waals surface area contributed by atoms with Gasteiger partial charge in [0, 0.05) is 17.4 Å². The fourth-order valence-electron chi connectivity index (χ4n) is 10.9. The normalized spacial score (nSPS) is 41.0. The van der Waals surface area contributed by atoms with E-state index < -0.39 is 39.8 Å². The van der Waals surface area contributed by atoms with Crippen LogP contribution < -0.4 is 4.74 Å². The number of hydrogen-bond donors (Lipinski definition) is 2. The van der Waals surface area contributed by atoms with Crippen molar-refractivity contribution in [2.45, 2.75) is 123 Å². The van der Waals surface area contributed by atoms with Crippen LogP contribution in [0.25, 0.3) is 0 Å². The number of esters is 1. The first-order valence-electron chi connectivity index (χ1n) is 17.5. The van der Waals surface area contributed by atoms with E-state index in [1.165, 1.54) is 35.4 Å². The topological polar surface area (TPSA) is 96.3 Å². The van der Waals surface area contributed by atoms with Gasteiger partial charge in [0.15, 0.2) is 5.60 Å². The molecule has 0 radical (unpaired) electrons. The highest BCUT2D eigenvalue weighted by Gasteiger charge is 2.76. The van der Waals surface area contributed by atoms with Crippen LogP contribution in [0.3, 0.4) is 0 Å². The lowest BCUT2D eigenvalue weighted by atomic mass is 9.50. The maximum atomic E-state index is 14.9. The molecule has 1 amide bonds. The number of nitrogens with zero attached hydrogens (tertiary/aromatic N) is 1. The van der Waals surface area contributed by atoms with E-state index in [1.807, 2.05) is 20.8 Å².